The van der Waals surface area contributed by atoms with Crippen LogP contribution in [0.1, 0.15) is 19.3 Å². The standard InChI is InChI=1S/C13H28N2O3/c1-16-8-9-18-7-3-5-15-6-4-13(17-2)10-12(15)11-14/h12-13H,3-11,14H2,1-2H3. The predicted octanol–water partition coefficient (Wildman–Crippen LogP) is 0.478. The Labute approximate surface area is 111 Å². The second kappa shape index (κ2) is 9.69. The molecule has 2 N–H and O–H groups in total. The second-order valence-electron chi connectivity index (χ2n) is 4.77. The Morgan fingerprint density at radius 2 is 2.06 bits per heavy atom. The summed E-state index contributed by atoms with van der Waals surface area (Å²) >= 11 is 0. The van der Waals surface area contributed by atoms with Crippen molar-refractivity contribution in [2.45, 2.75) is 31.4 Å². The van der Waals surface area contributed by atoms with Gasteiger partial charge in [-0.3, -0.25) is 4.90 Å². The van der Waals surface area contributed by atoms with Crippen LogP contribution in [-0.2, 0) is 14.2 Å². The monoisotopic (exact) mass is 260 g/mol. The van der Waals surface area contributed by atoms with E-state index >= 15 is 0 Å². The van der Waals surface area contributed by atoms with Crippen molar-refractivity contribution in [2.75, 3.05) is 53.7 Å². The third-order valence-corrected chi connectivity index (χ3v) is 3.56. The van der Waals surface area contributed by atoms with E-state index in [2.05, 4.69) is 4.90 Å². The fourth-order valence-corrected chi connectivity index (χ4v) is 2.43. The lowest BCUT2D eigenvalue weighted by atomic mass is 9.99. The lowest BCUT2D eigenvalue weighted by molar-refractivity contribution is 0.00796. The molecule has 1 fully saturated rings. The number of piperidine rings is 1. The molecule has 108 valence electrons. The fourth-order valence-electron chi connectivity index (χ4n) is 2.43. The molecule has 0 aromatic rings. The van der Waals surface area contributed by atoms with Crippen molar-refractivity contribution in [1.82, 2.24) is 4.90 Å². The Kier molecular flexibility index (Phi) is 8.54. The Bertz CT molecular complexity index is 205. The summed E-state index contributed by atoms with van der Waals surface area (Å²) in [5.74, 6) is 0. The normalized spacial score (nSPS) is 25.5. The lowest BCUT2D eigenvalue weighted by Crippen LogP contribution is -2.48. The molecule has 0 amide bonds. The summed E-state index contributed by atoms with van der Waals surface area (Å²) in [7, 11) is 3.48. The van der Waals surface area contributed by atoms with Crippen molar-refractivity contribution in [2.24, 2.45) is 5.73 Å². The molecular weight excluding hydrogens is 232 g/mol. The second-order valence-corrected chi connectivity index (χ2v) is 4.77. The highest BCUT2D eigenvalue weighted by Gasteiger charge is 2.26. The number of nitrogens with zero attached hydrogens (tertiary/aromatic N) is 1. The Morgan fingerprint density at radius 1 is 1.22 bits per heavy atom. The third kappa shape index (κ3) is 5.63. The molecule has 1 aliphatic heterocycles. The van der Waals surface area contributed by atoms with E-state index in [1.165, 1.54) is 0 Å². The maximum Gasteiger partial charge on any atom is 0.0700 e. The van der Waals surface area contributed by atoms with Crippen molar-refractivity contribution in [3.8, 4) is 0 Å². The molecule has 0 aromatic carbocycles. The molecule has 1 rings (SSSR count). The zero-order valence-corrected chi connectivity index (χ0v) is 11.8. The Morgan fingerprint density at radius 3 is 2.72 bits per heavy atom. The van der Waals surface area contributed by atoms with Gasteiger partial charge in [0.25, 0.3) is 0 Å². The number of nitrogens with two attached hydrogens (primary N) is 1. The van der Waals surface area contributed by atoms with Gasteiger partial charge in [0.2, 0.25) is 0 Å². The Hall–Kier alpha value is -0.200. The number of hydrogen-bond acceptors (Lipinski definition) is 5. The average Bonchev–Trinajstić information content (AvgIpc) is 2.42. The van der Waals surface area contributed by atoms with Crippen LogP contribution in [0.15, 0.2) is 0 Å². The molecule has 2 atom stereocenters. The summed E-state index contributed by atoms with van der Waals surface area (Å²) in [5, 5.41) is 0. The smallest absolute Gasteiger partial charge is 0.0700 e. The van der Waals surface area contributed by atoms with Gasteiger partial charge in [0.05, 0.1) is 19.3 Å². The van der Waals surface area contributed by atoms with Crippen LogP contribution >= 0.6 is 0 Å². The molecule has 1 heterocycles. The minimum Gasteiger partial charge on any atom is -0.382 e. The average molecular weight is 260 g/mol. The van der Waals surface area contributed by atoms with Crippen molar-refractivity contribution in [3.05, 3.63) is 0 Å². The van der Waals surface area contributed by atoms with E-state index in [-0.39, 0.29) is 0 Å². The zero-order chi connectivity index (χ0) is 13.2. The quantitative estimate of drug-likeness (QED) is 0.611. The molecule has 0 saturated carbocycles. The van der Waals surface area contributed by atoms with Gasteiger partial charge in [-0.25, -0.2) is 0 Å². The molecule has 1 aliphatic rings. The van der Waals surface area contributed by atoms with Crippen molar-refractivity contribution in [1.29, 1.82) is 0 Å². The van der Waals surface area contributed by atoms with E-state index < -0.39 is 0 Å². The topological polar surface area (TPSA) is 57.0 Å². The van der Waals surface area contributed by atoms with E-state index in [0.717, 1.165) is 39.0 Å². The molecular formula is C13H28N2O3. The van der Waals surface area contributed by atoms with Gasteiger partial charge >= 0.3 is 0 Å². The van der Waals surface area contributed by atoms with Crippen molar-refractivity contribution < 1.29 is 14.2 Å². The molecule has 18 heavy (non-hydrogen) atoms. The van der Waals surface area contributed by atoms with Gasteiger partial charge < -0.3 is 19.9 Å². The summed E-state index contributed by atoms with van der Waals surface area (Å²) in [5.41, 5.74) is 5.84. The van der Waals surface area contributed by atoms with E-state index in [4.69, 9.17) is 19.9 Å². The summed E-state index contributed by atoms with van der Waals surface area (Å²) in [4.78, 5) is 2.47. The molecule has 0 aromatic heterocycles. The van der Waals surface area contributed by atoms with Crippen LogP contribution in [0.4, 0.5) is 0 Å². The SMILES string of the molecule is COCCOCCCN1CCC(OC)CC1CN. The summed E-state index contributed by atoms with van der Waals surface area (Å²) < 4.78 is 15.8. The zero-order valence-electron chi connectivity index (χ0n) is 11.8. The van der Waals surface area contributed by atoms with E-state index in [1.807, 2.05) is 0 Å². The highest BCUT2D eigenvalue weighted by Crippen LogP contribution is 2.19. The van der Waals surface area contributed by atoms with Gasteiger partial charge in [0, 0.05) is 46.5 Å². The maximum absolute atomic E-state index is 5.84. The van der Waals surface area contributed by atoms with Crippen molar-refractivity contribution in [3.63, 3.8) is 0 Å². The van der Waals surface area contributed by atoms with Crippen LogP contribution in [0.5, 0.6) is 0 Å². The summed E-state index contributed by atoms with van der Waals surface area (Å²) in [6.07, 6.45) is 3.60. The first kappa shape index (κ1) is 15.9. The third-order valence-electron chi connectivity index (χ3n) is 3.56. The molecule has 0 spiro atoms. The molecule has 2 unspecified atom stereocenters. The summed E-state index contributed by atoms with van der Waals surface area (Å²) in [6, 6.07) is 0.461. The largest absolute Gasteiger partial charge is 0.382 e. The number of likely N-dealkylation sites (tertiary alicyclic amines) is 1. The molecule has 5 nitrogen and oxygen atoms in total. The van der Waals surface area contributed by atoms with Gasteiger partial charge in [-0.1, -0.05) is 0 Å². The minimum absolute atomic E-state index is 0.382. The molecule has 0 bridgehead atoms. The van der Waals surface area contributed by atoms with E-state index in [9.17, 15) is 0 Å². The number of rotatable bonds is 9. The first-order chi connectivity index (χ1) is 8.81. The number of hydrogen-bond donors (Lipinski definition) is 1. The van der Waals surface area contributed by atoms with Crippen molar-refractivity contribution >= 4 is 0 Å². The van der Waals surface area contributed by atoms with Crippen LogP contribution in [0.25, 0.3) is 0 Å². The van der Waals surface area contributed by atoms with Gasteiger partial charge in [0.1, 0.15) is 0 Å². The fraction of sp³-hybridized carbons (Fsp3) is 1.00. The van der Waals surface area contributed by atoms with Gasteiger partial charge in [-0.15, -0.1) is 0 Å². The molecule has 0 aliphatic carbocycles. The van der Waals surface area contributed by atoms with Crippen LogP contribution in [0, 0.1) is 0 Å². The van der Waals surface area contributed by atoms with E-state index in [1.54, 1.807) is 14.2 Å². The van der Waals surface area contributed by atoms with Gasteiger partial charge in [0.15, 0.2) is 0 Å². The highest BCUT2D eigenvalue weighted by molar-refractivity contribution is 4.82. The van der Waals surface area contributed by atoms with Crippen LogP contribution < -0.4 is 5.73 Å². The van der Waals surface area contributed by atoms with E-state index in [0.29, 0.717) is 31.9 Å². The van der Waals surface area contributed by atoms with Gasteiger partial charge in [-0.2, -0.15) is 0 Å². The molecule has 1 saturated heterocycles. The van der Waals surface area contributed by atoms with Crippen LogP contribution in [0.2, 0.25) is 0 Å². The van der Waals surface area contributed by atoms with Crippen LogP contribution in [-0.4, -0.2) is 70.7 Å². The highest BCUT2D eigenvalue weighted by atomic mass is 16.5. The minimum atomic E-state index is 0.382. The predicted molar refractivity (Wildman–Crippen MR) is 71.8 cm³/mol. The molecule has 5 heteroatoms. The maximum atomic E-state index is 5.84. The Balaban J connectivity index is 2.12. The lowest BCUT2D eigenvalue weighted by Gasteiger charge is -2.38. The van der Waals surface area contributed by atoms with Gasteiger partial charge in [-0.05, 0) is 19.3 Å². The molecule has 0 radical (unpaired) electrons. The number of ether oxygens (including phenoxy) is 3. The summed E-state index contributed by atoms with van der Waals surface area (Å²) in [6.45, 7) is 5.01. The van der Waals surface area contributed by atoms with Crippen LogP contribution in [0.3, 0.4) is 0 Å². The number of methoxy groups -OCH3 is 2. The first-order valence-corrected chi connectivity index (χ1v) is 6.85. The first-order valence-electron chi connectivity index (χ1n) is 6.85.